The molecule has 0 amide bonds. The van der Waals surface area contributed by atoms with Crippen LogP contribution in [0.4, 0.5) is 4.39 Å². The lowest BCUT2D eigenvalue weighted by molar-refractivity contribution is 0.0696. The molecule has 0 saturated carbocycles. The minimum absolute atomic E-state index is 0.106. The summed E-state index contributed by atoms with van der Waals surface area (Å²) in [4.78, 5) is 14.9. The molecule has 3 aromatic rings. The molecule has 0 bridgehead atoms. The summed E-state index contributed by atoms with van der Waals surface area (Å²) in [6, 6.07) is 7.93. The van der Waals surface area contributed by atoms with Crippen LogP contribution in [0.3, 0.4) is 0 Å². The monoisotopic (exact) mass is 270 g/mol. The van der Waals surface area contributed by atoms with E-state index in [-0.39, 0.29) is 11.4 Å². The maximum atomic E-state index is 14.0. The number of fused-ring (bicyclic) bond motifs is 1. The fraction of sp³-hybridized carbons (Fsp3) is 0.0667. The summed E-state index contributed by atoms with van der Waals surface area (Å²) < 4.78 is 15.8. The molecule has 0 atom stereocenters. The van der Waals surface area contributed by atoms with Gasteiger partial charge >= 0.3 is 5.97 Å². The van der Waals surface area contributed by atoms with E-state index >= 15 is 0 Å². The van der Waals surface area contributed by atoms with Crippen molar-refractivity contribution in [2.24, 2.45) is 7.05 Å². The number of carbonyl (C=O) groups is 1. The lowest BCUT2D eigenvalue weighted by Crippen LogP contribution is -1.97. The van der Waals surface area contributed by atoms with Crippen LogP contribution in [0.5, 0.6) is 0 Å². The first-order chi connectivity index (χ1) is 9.58. The first-order valence-electron chi connectivity index (χ1n) is 6.01. The number of hydrogen-bond acceptors (Lipinski definition) is 2. The molecule has 4 nitrogen and oxygen atoms in total. The van der Waals surface area contributed by atoms with E-state index in [1.54, 1.807) is 18.3 Å². The van der Waals surface area contributed by atoms with Gasteiger partial charge in [-0.15, -0.1) is 0 Å². The molecule has 1 aromatic carbocycles. The highest BCUT2D eigenvalue weighted by atomic mass is 19.1. The number of aromatic nitrogens is 2. The summed E-state index contributed by atoms with van der Waals surface area (Å²) in [6.07, 6.45) is 3.06. The molecule has 2 heterocycles. The molecule has 0 aliphatic carbocycles. The van der Waals surface area contributed by atoms with Gasteiger partial charge in [0.05, 0.1) is 16.8 Å². The van der Waals surface area contributed by atoms with Gasteiger partial charge < -0.3 is 9.67 Å². The van der Waals surface area contributed by atoms with Gasteiger partial charge in [0, 0.05) is 30.4 Å². The fourth-order valence-corrected chi connectivity index (χ4v) is 2.27. The van der Waals surface area contributed by atoms with Crippen molar-refractivity contribution < 1.29 is 14.3 Å². The van der Waals surface area contributed by atoms with Crippen molar-refractivity contribution >= 4 is 16.9 Å². The molecule has 1 N–H and O–H groups in total. The van der Waals surface area contributed by atoms with Crippen molar-refractivity contribution in [3.05, 3.63) is 54.1 Å². The number of benzene rings is 1. The van der Waals surface area contributed by atoms with Crippen LogP contribution in [0.25, 0.3) is 22.2 Å². The van der Waals surface area contributed by atoms with Crippen molar-refractivity contribution in [3.63, 3.8) is 0 Å². The molecule has 0 fully saturated rings. The van der Waals surface area contributed by atoms with E-state index in [0.717, 1.165) is 5.52 Å². The Kier molecular flexibility index (Phi) is 2.75. The van der Waals surface area contributed by atoms with E-state index in [1.165, 1.54) is 18.3 Å². The summed E-state index contributed by atoms with van der Waals surface area (Å²) in [5.41, 5.74) is 2.07. The van der Waals surface area contributed by atoms with E-state index in [1.807, 2.05) is 17.7 Å². The average Bonchev–Trinajstić information content (AvgIpc) is 2.78. The Hall–Kier alpha value is -2.69. The minimum atomic E-state index is -1.03. The second-order valence-electron chi connectivity index (χ2n) is 4.52. The quantitative estimate of drug-likeness (QED) is 0.778. The molecule has 100 valence electrons. The average molecular weight is 270 g/mol. The van der Waals surface area contributed by atoms with Crippen molar-refractivity contribution in [1.82, 2.24) is 9.55 Å². The van der Waals surface area contributed by atoms with Gasteiger partial charge in [0.25, 0.3) is 0 Å². The summed E-state index contributed by atoms with van der Waals surface area (Å²) >= 11 is 0. The van der Waals surface area contributed by atoms with Crippen LogP contribution < -0.4 is 0 Å². The Morgan fingerprint density at radius 1 is 1.30 bits per heavy atom. The van der Waals surface area contributed by atoms with E-state index in [4.69, 9.17) is 5.11 Å². The Morgan fingerprint density at radius 3 is 2.75 bits per heavy atom. The van der Waals surface area contributed by atoms with Crippen molar-refractivity contribution in [2.75, 3.05) is 0 Å². The molecular formula is C15H11FN2O2. The van der Waals surface area contributed by atoms with Crippen molar-refractivity contribution in [1.29, 1.82) is 0 Å². The Bertz CT molecular complexity index is 807. The first kappa shape index (κ1) is 12.3. The van der Waals surface area contributed by atoms with E-state index in [9.17, 15) is 9.18 Å². The highest BCUT2D eigenvalue weighted by Gasteiger charge is 2.14. The molecule has 0 aliphatic rings. The molecule has 0 aliphatic heterocycles. The third kappa shape index (κ3) is 1.84. The van der Waals surface area contributed by atoms with Crippen LogP contribution in [0, 0.1) is 5.82 Å². The van der Waals surface area contributed by atoms with Crippen LogP contribution in [0.15, 0.2) is 42.7 Å². The second kappa shape index (κ2) is 4.45. The number of rotatable bonds is 2. The van der Waals surface area contributed by atoms with E-state index < -0.39 is 5.97 Å². The van der Waals surface area contributed by atoms with Gasteiger partial charge in [0.2, 0.25) is 0 Å². The van der Waals surface area contributed by atoms with Gasteiger partial charge in [-0.25, -0.2) is 9.18 Å². The van der Waals surface area contributed by atoms with Crippen LogP contribution in [0.2, 0.25) is 0 Å². The SMILES string of the molecule is Cn1cc(-c2ccc(C(=O)O)cn2)c2c(F)cccc21. The zero-order valence-electron chi connectivity index (χ0n) is 10.7. The summed E-state index contributed by atoms with van der Waals surface area (Å²) in [5.74, 6) is -1.35. The maximum Gasteiger partial charge on any atom is 0.337 e. The van der Waals surface area contributed by atoms with Gasteiger partial charge in [-0.3, -0.25) is 4.98 Å². The predicted octanol–water partition coefficient (Wildman–Crippen LogP) is 3.08. The summed E-state index contributed by atoms with van der Waals surface area (Å²) in [6.45, 7) is 0. The number of aromatic carboxylic acids is 1. The number of carboxylic acids is 1. The molecule has 0 unspecified atom stereocenters. The van der Waals surface area contributed by atoms with Gasteiger partial charge in [-0.1, -0.05) is 6.07 Å². The Morgan fingerprint density at radius 2 is 2.10 bits per heavy atom. The molecule has 0 saturated heterocycles. The molecule has 0 radical (unpaired) electrons. The normalized spacial score (nSPS) is 10.9. The van der Waals surface area contributed by atoms with Gasteiger partial charge in [-0.05, 0) is 24.3 Å². The number of hydrogen-bond donors (Lipinski definition) is 1. The molecule has 5 heteroatoms. The van der Waals surface area contributed by atoms with Crippen molar-refractivity contribution in [3.8, 4) is 11.3 Å². The molecule has 2 aromatic heterocycles. The molecular weight excluding hydrogens is 259 g/mol. The Balaban J connectivity index is 2.22. The van der Waals surface area contributed by atoms with Gasteiger partial charge in [0.1, 0.15) is 5.82 Å². The highest BCUT2D eigenvalue weighted by molar-refractivity contribution is 5.96. The molecule has 0 spiro atoms. The number of aryl methyl sites for hydroxylation is 1. The van der Waals surface area contributed by atoms with E-state index in [2.05, 4.69) is 4.98 Å². The lowest BCUT2D eigenvalue weighted by Gasteiger charge is -2.00. The topological polar surface area (TPSA) is 55.1 Å². The number of carboxylic acid groups (broad SMARTS) is 1. The zero-order chi connectivity index (χ0) is 14.3. The van der Waals surface area contributed by atoms with Crippen LogP contribution >= 0.6 is 0 Å². The van der Waals surface area contributed by atoms with Gasteiger partial charge in [-0.2, -0.15) is 0 Å². The summed E-state index contributed by atoms with van der Waals surface area (Å²) in [7, 11) is 1.83. The predicted molar refractivity (Wildman–Crippen MR) is 73.1 cm³/mol. The number of pyridine rings is 1. The lowest BCUT2D eigenvalue weighted by atomic mass is 10.1. The fourth-order valence-electron chi connectivity index (χ4n) is 2.27. The van der Waals surface area contributed by atoms with Crippen LogP contribution in [-0.4, -0.2) is 20.6 Å². The van der Waals surface area contributed by atoms with Gasteiger partial charge in [0.15, 0.2) is 0 Å². The minimum Gasteiger partial charge on any atom is -0.478 e. The first-order valence-corrected chi connectivity index (χ1v) is 6.01. The highest BCUT2D eigenvalue weighted by Crippen LogP contribution is 2.30. The molecule has 3 rings (SSSR count). The number of halogens is 1. The van der Waals surface area contributed by atoms with Crippen LogP contribution in [-0.2, 0) is 7.05 Å². The third-order valence-electron chi connectivity index (χ3n) is 3.25. The van der Waals surface area contributed by atoms with Crippen molar-refractivity contribution in [2.45, 2.75) is 0 Å². The maximum absolute atomic E-state index is 14.0. The van der Waals surface area contributed by atoms with Crippen LogP contribution in [0.1, 0.15) is 10.4 Å². The standard InChI is InChI=1S/C15H11FN2O2/c1-18-8-10(14-11(16)3-2-4-13(14)18)12-6-5-9(7-17-12)15(19)20/h2-8H,1H3,(H,19,20). The number of nitrogens with zero attached hydrogens (tertiary/aromatic N) is 2. The zero-order valence-corrected chi connectivity index (χ0v) is 10.7. The smallest absolute Gasteiger partial charge is 0.337 e. The van der Waals surface area contributed by atoms with E-state index in [0.29, 0.717) is 16.6 Å². The third-order valence-corrected chi connectivity index (χ3v) is 3.25. The molecule has 20 heavy (non-hydrogen) atoms. The second-order valence-corrected chi connectivity index (χ2v) is 4.52. The summed E-state index contributed by atoms with van der Waals surface area (Å²) in [5, 5.41) is 9.35. The Labute approximate surface area is 114 Å². The largest absolute Gasteiger partial charge is 0.478 e.